The van der Waals surface area contributed by atoms with Gasteiger partial charge in [0.15, 0.2) is 0 Å². The monoisotopic (exact) mass is 291 g/mol. The van der Waals surface area contributed by atoms with Crippen LogP contribution in [0.25, 0.3) is 0 Å². The summed E-state index contributed by atoms with van der Waals surface area (Å²) in [5.41, 5.74) is 12.9. The first-order chi connectivity index (χ1) is 10.0. The zero-order valence-corrected chi connectivity index (χ0v) is 12.2. The van der Waals surface area contributed by atoms with Crippen LogP contribution in [0.1, 0.15) is 28.8 Å². The Morgan fingerprint density at radius 1 is 1.43 bits per heavy atom. The van der Waals surface area contributed by atoms with Crippen molar-refractivity contribution in [3.05, 3.63) is 29.3 Å². The first kappa shape index (κ1) is 15.3. The number of rotatable bonds is 4. The van der Waals surface area contributed by atoms with Crippen molar-refractivity contribution >= 4 is 17.6 Å². The first-order valence-electron chi connectivity index (χ1n) is 7.00. The number of carbonyl (C=O) groups excluding carboxylic acids is 2. The fourth-order valence-corrected chi connectivity index (χ4v) is 2.78. The Morgan fingerprint density at radius 3 is 2.86 bits per heavy atom. The van der Waals surface area contributed by atoms with Crippen LogP contribution in [0.2, 0.25) is 0 Å². The third kappa shape index (κ3) is 3.52. The van der Waals surface area contributed by atoms with Gasteiger partial charge in [-0.15, -0.1) is 0 Å². The van der Waals surface area contributed by atoms with E-state index >= 15 is 0 Å². The summed E-state index contributed by atoms with van der Waals surface area (Å²) in [6, 6.07) is 5.35. The predicted molar refractivity (Wildman–Crippen MR) is 79.4 cm³/mol. The van der Waals surface area contributed by atoms with Crippen LogP contribution in [0.5, 0.6) is 0 Å². The normalized spacial score (nSPS) is 19.2. The Labute approximate surface area is 124 Å². The third-order valence-corrected chi connectivity index (χ3v) is 3.87. The molecule has 0 aromatic heterocycles. The predicted octanol–water partition coefficient (Wildman–Crippen LogP) is 0.753. The van der Waals surface area contributed by atoms with E-state index in [1.165, 1.54) is 7.11 Å². The average Bonchev–Trinajstić information content (AvgIpc) is 2.47. The van der Waals surface area contributed by atoms with Crippen LogP contribution in [-0.4, -0.2) is 37.0 Å². The molecular formula is C15H21N3O3. The summed E-state index contributed by atoms with van der Waals surface area (Å²) in [5.74, 6) is -0.826. The maximum atomic E-state index is 11.9. The Kier molecular flexibility index (Phi) is 4.80. The Hall–Kier alpha value is -2.08. The van der Waals surface area contributed by atoms with Gasteiger partial charge in [0, 0.05) is 18.8 Å². The lowest BCUT2D eigenvalue weighted by atomic mass is 9.96. The quantitative estimate of drug-likeness (QED) is 0.630. The second-order valence-electron chi connectivity index (χ2n) is 5.35. The van der Waals surface area contributed by atoms with Gasteiger partial charge in [0.2, 0.25) is 5.91 Å². The molecule has 2 rings (SSSR count). The largest absolute Gasteiger partial charge is 0.465 e. The minimum atomic E-state index is -0.438. The second kappa shape index (κ2) is 6.58. The van der Waals surface area contributed by atoms with E-state index in [4.69, 9.17) is 16.2 Å². The number of esters is 1. The number of anilines is 1. The summed E-state index contributed by atoms with van der Waals surface area (Å²) in [5, 5.41) is 0. The van der Waals surface area contributed by atoms with Crippen LogP contribution in [0, 0.1) is 5.92 Å². The second-order valence-corrected chi connectivity index (χ2v) is 5.35. The molecule has 0 spiro atoms. The van der Waals surface area contributed by atoms with Crippen LogP contribution in [0.4, 0.5) is 5.69 Å². The highest BCUT2D eigenvalue weighted by Gasteiger charge is 2.25. The number of amides is 1. The molecule has 1 amide bonds. The number of benzene rings is 1. The van der Waals surface area contributed by atoms with E-state index in [1.807, 2.05) is 12.1 Å². The number of hydrogen-bond donors (Lipinski definition) is 2. The minimum Gasteiger partial charge on any atom is -0.465 e. The fraction of sp³-hybridized carbons (Fsp3) is 0.467. The van der Waals surface area contributed by atoms with E-state index in [1.54, 1.807) is 6.07 Å². The van der Waals surface area contributed by atoms with Crippen molar-refractivity contribution in [2.24, 2.45) is 11.7 Å². The van der Waals surface area contributed by atoms with Gasteiger partial charge >= 0.3 is 5.97 Å². The van der Waals surface area contributed by atoms with E-state index < -0.39 is 5.97 Å². The minimum absolute atomic E-state index is 0.124. The molecule has 4 N–H and O–H groups in total. The summed E-state index contributed by atoms with van der Waals surface area (Å²) < 4.78 is 4.79. The molecule has 1 heterocycles. The molecule has 1 fully saturated rings. The summed E-state index contributed by atoms with van der Waals surface area (Å²) in [7, 11) is 1.34. The molecule has 6 heteroatoms. The van der Waals surface area contributed by atoms with Gasteiger partial charge in [-0.3, -0.25) is 9.69 Å². The van der Waals surface area contributed by atoms with Crippen LogP contribution in [0.3, 0.4) is 0 Å². The Bertz CT molecular complexity index is 545. The zero-order chi connectivity index (χ0) is 15.4. The number of nitrogens with zero attached hydrogens (tertiary/aromatic N) is 1. The number of ether oxygens (including phenoxy) is 1. The summed E-state index contributed by atoms with van der Waals surface area (Å²) in [6.45, 7) is 2.04. The van der Waals surface area contributed by atoms with Crippen molar-refractivity contribution in [3.8, 4) is 0 Å². The molecule has 1 aromatic carbocycles. The zero-order valence-electron chi connectivity index (χ0n) is 12.2. The highest BCUT2D eigenvalue weighted by molar-refractivity contribution is 5.96. The highest BCUT2D eigenvalue weighted by Crippen LogP contribution is 2.23. The number of likely N-dealkylation sites (tertiary alicyclic amines) is 1. The van der Waals surface area contributed by atoms with Gasteiger partial charge in [0.1, 0.15) is 0 Å². The number of nitrogen functional groups attached to an aromatic ring is 1. The van der Waals surface area contributed by atoms with Crippen LogP contribution < -0.4 is 11.5 Å². The molecule has 1 saturated heterocycles. The molecule has 0 saturated carbocycles. The topological polar surface area (TPSA) is 98.7 Å². The number of nitrogens with two attached hydrogens (primary N) is 2. The third-order valence-electron chi connectivity index (χ3n) is 3.87. The smallest absolute Gasteiger partial charge is 0.340 e. The lowest BCUT2D eigenvalue weighted by Crippen LogP contribution is -2.40. The van der Waals surface area contributed by atoms with Gasteiger partial charge in [-0.25, -0.2) is 4.79 Å². The number of hydrogen-bond acceptors (Lipinski definition) is 5. The fourth-order valence-electron chi connectivity index (χ4n) is 2.78. The maximum absolute atomic E-state index is 11.9. The van der Waals surface area contributed by atoms with Gasteiger partial charge in [0.25, 0.3) is 0 Å². The SMILES string of the molecule is COC(=O)c1c(N)cccc1CN1CCCC(C(N)=O)C1. The van der Waals surface area contributed by atoms with E-state index in [9.17, 15) is 9.59 Å². The first-order valence-corrected chi connectivity index (χ1v) is 7.00. The standard InChI is InChI=1S/C15H21N3O3/c1-21-15(20)13-10(4-2-6-12(13)16)8-18-7-3-5-11(9-18)14(17)19/h2,4,6,11H,3,5,7-9,16H2,1H3,(H2,17,19). The average molecular weight is 291 g/mol. The lowest BCUT2D eigenvalue weighted by molar-refractivity contribution is -0.123. The Balaban J connectivity index is 2.18. The number of piperidine rings is 1. The van der Waals surface area contributed by atoms with E-state index in [2.05, 4.69) is 4.90 Å². The maximum Gasteiger partial charge on any atom is 0.340 e. The molecule has 1 aromatic rings. The van der Waals surface area contributed by atoms with Crippen LogP contribution >= 0.6 is 0 Å². The molecule has 21 heavy (non-hydrogen) atoms. The Morgan fingerprint density at radius 2 is 2.19 bits per heavy atom. The van der Waals surface area contributed by atoms with Crippen molar-refractivity contribution in [2.75, 3.05) is 25.9 Å². The van der Waals surface area contributed by atoms with E-state index in [0.717, 1.165) is 24.9 Å². The van der Waals surface area contributed by atoms with Gasteiger partial charge in [-0.05, 0) is 31.0 Å². The molecule has 0 bridgehead atoms. The van der Waals surface area contributed by atoms with Gasteiger partial charge in [-0.1, -0.05) is 12.1 Å². The molecule has 0 aliphatic carbocycles. The molecular weight excluding hydrogens is 270 g/mol. The van der Waals surface area contributed by atoms with E-state index in [0.29, 0.717) is 24.3 Å². The van der Waals surface area contributed by atoms with Crippen LogP contribution in [-0.2, 0) is 16.1 Å². The molecule has 1 atom stereocenters. The van der Waals surface area contributed by atoms with Crippen molar-refractivity contribution in [1.29, 1.82) is 0 Å². The molecule has 0 radical (unpaired) electrons. The summed E-state index contributed by atoms with van der Waals surface area (Å²) in [6.07, 6.45) is 1.75. The number of primary amides is 1. The molecule has 6 nitrogen and oxygen atoms in total. The molecule has 114 valence electrons. The van der Waals surface area contributed by atoms with E-state index in [-0.39, 0.29) is 11.8 Å². The summed E-state index contributed by atoms with van der Waals surface area (Å²) in [4.78, 5) is 25.3. The number of methoxy groups -OCH3 is 1. The number of carbonyl (C=O) groups is 2. The van der Waals surface area contributed by atoms with Crippen molar-refractivity contribution in [3.63, 3.8) is 0 Å². The van der Waals surface area contributed by atoms with Crippen molar-refractivity contribution in [2.45, 2.75) is 19.4 Å². The van der Waals surface area contributed by atoms with Gasteiger partial charge < -0.3 is 16.2 Å². The molecule has 1 aliphatic rings. The summed E-state index contributed by atoms with van der Waals surface area (Å²) >= 11 is 0. The van der Waals surface area contributed by atoms with Gasteiger partial charge in [-0.2, -0.15) is 0 Å². The highest BCUT2D eigenvalue weighted by atomic mass is 16.5. The molecule has 1 unspecified atom stereocenters. The van der Waals surface area contributed by atoms with Gasteiger partial charge in [0.05, 0.1) is 18.6 Å². The molecule has 1 aliphatic heterocycles. The van der Waals surface area contributed by atoms with Crippen LogP contribution in [0.15, 0.2) is 18.2 Å². The van der Waals surface area contributed by atoms with Crippen molar-refractivity contribution < 1.29 is 14.3 Å². The lowest BCUT2D eigenvalue weighted by Gasteiger charge is -2.31. The van der Waals surface area contributed by atoms with Crippen molar-refractivity contribution in [1.82, 2.24) is 4.90 Å².